The van der Waals surface area contributed by atoms with Crippen LogP contribution in [-0.4, -0.2) is 25.5 Å². The Labute approximate surface area is 144 Å². The van der Waals surface area contributed by atoms with E-state index < -0.39 is 0 Å². The first-order valence-corrected chi connectivity index (χ1v) is 8.01. The monoisotopic (exact) mass is 337 g/mol. The van der Waals surface area contributed by atoms with Crippen molar-refractivity contribution in [2.24, 2.45) is 0 Å². The second-order valence-corrected chi connectivity index (χ2v) is 5.96. The Hall–Kier alpha value is -3.22. The molecule has 0 aliphatic heterocycles. The maximum atomic E-state index is 12.2. The number of aromatic nitrogens is 4. The molecule has 7 nitrogen and oxygen atoms in total. The first-order chi connectivity index (χ1) is 12.0. The Morgan fingerprint density at radius 2 is 1.92 bits per heavy atom. The molecule has 0 radical (unpaired) electrons. The van der Waals surface area contributed by atoms with Gasteiger partial charge >= 0.3 is 0 Å². The van der Waals surface area contributed by atoms with E-state index in [4.69, 9.17) is 0 Å². The van der Waals surface area contributed by atoms with Gasteiger partial charge in [0.05, 0.1) is 0 Å². The van der Waals surface area contributed by atoms with Gasteiger partial charge in [-0.1, -0.05) is 26.0 Å². The molecule has 0 aliphatic carbocycles. The van der Waals surface area contributed by atoms with Crippen LogP contribution >= 0.6 is 0 Å². The van der Waals surface area contributed by atoms with Crippen LogP contribution in [0.2, 0.25) is 0 Å². The van der Waals surface area contributed by atoms with E-state index in [1.165, 1.54) is 16.3 Å². The van der Waals surface area contributed by atoms with E-state index in [1.54, 1.807) is 24.5 Å². The number of carbonyl (C=O) groups is 1. The first-order valence-electron chi connectivity index (χ1n) is 8.01. The summed E-state index contributed by atoms with van der Waals surface area (Å²) in [5, 5.41) is 11.0. The lowest BCUT2D eigenvalue weighted by atomic mass is 10.0. The van der Waals surface area contributed by atoms with Gasteiger partial charge in [-0.3, -0.25) is 9.59 Å². The van der Waals surface area contributed by atoms with Crippen LogP contribution in [0, 0.1) is 0 Å². The lowest BCUT2D eigenvalue weighted by Crippen LogP contribution is -2.30. The summed E-state index contributed by atoms with van der Waals surface area (Å²) in [7, 11) is 0. The number of carbonyl (C=O) groups excluding carboxylic acids is 1. The Morgan fingerprint density at radius 1 is 1.16 bits per heavy atom. The fourth-order valence-electron chi connectivity index (χ4n) is 2.37. The van der Waals surface area contributed by atoms with Gasteiger partial charge in [0.15, 0.2) is 5.82 Å². The van der Waals surface area contributed by atoms with E-state index in [0.717, 1.165) is 4.68 Å². The molecule has 2 aromatic heterocycles. The fourth-order valence-corrected chi connectivity index (χ4v) is 2.37. The number of nitrogens with one attached hydrogen (secondary N) is 1. The van der Waals surface area contributed by atoms with Gasteiger partial charge in [0.1, 0.15) is 6.54 Å². The second-order valence-electron chi connectivity index (χ2n) is 5.96. The molecule has 7 heteroatoms. The summed E-state index contributed by atoms with van der Waals surface area (Å²) in [4.78, 5) is 24.2. The van der Waals surface area contributed by atoms with Gasteiger partial charge in [0, 0.05) is 24.1 Å². The number of nitrogens with zero attached hydrogens (tertiary/aromatic N) is 4. The third kappa shape index (κ3) is 4.00. The third-order valence-corrected chi connectivity index (χ3v) is 3.75. The third-order valence-electron chi connectivity index (χ3n) is 3.75. The zero-order valence-electron chi connectivity index (χ0n) is 14.1. The molecule has 0 saturated heterocycles. The van der Waals surface area contributed by atoms with Crippen LogP contribution in [0.5, 0.6) is 0 Å². The molecule has 3 aromatic rings. The Bertz CT molecular complexity index is 911. The molecule has 1 aromatic carbocycles. The van der Waals surface area contributed by atoms with Crippen LogP contribution in [0.25, 0.3) is 5.82 Å². The lowest BCUT2D eigenvalue weighted by molar-refractivity contribution is -0.117. The lowest BCUT2D eigenvalue weighted by Gasteiger charge is -2.10. The van der Waals surface area contributed by atoms with Crippen molar-refractivity contribution in [3.63, 3.8) is 0 Å². The van der Waals surface area contributed by atoms with Crippen LogP contribution in [0.3, 0.4) is 0 Å². The van der Waals surface area contributed by atoms with Crippen molar-refractivity contribution in [1.82, 2.24) is 19.6 Å². The van der Waals surface area contributed by atoms with Crippen LogP contribution in [0.15, 0.2) is 59.7 Å². The molecule has 1 N–H and O–H groups in total. The normalized spacial score (nSPS) is 10.8. The molecule has 2 heterocycles. The smallest absolute Gasteiger partial charge is 0.267 e. The van der Waals surface area contributed by atoms with E-state index in [0.29, 0.717) is 17.4 Å². The predicted octanol–water partition coefficient (Wildman–Crippen LogP) is 2.19. The summed E-state index contributed by atoms with van der Waals surface area (Å²) in [5.74, 6) is 0.584. The molecule has 0 saturated carbocycles. The van der Waals surface area contributed by atoms with E-state index >= 15 is 0 Å². The zero-order chi connectivity index (χ0) is 17.8. The van der Waals surface area contributed by atoms with Crippen molar-refractivity contribution < 1.29 is 4.79 Å². The Morgan fingerprint density at radius 3 is 2.56 bits per heavy atom. The largest absolute Gasteiger partial charge is 0.324 e. The summed E-state index contributed by atoms with van der Waals surface area (Å²) in [6.45, 7) is 4.05. The van der Waals surface area contributed by atoms with Crippen LogP contribution < -0.4 is 10.9 Å². The maximum Gasteiger partial charge on any atom is 0.267 e. The molecule has 0 atom stereocenters. The minimum absolute atomic E-state index is 0.167. The highest BCUT2D eigenvalue weighted by Crippen LogP contribution is 2.17. The molecule has 3 rings (SSSR count). The van der Waals surface area contributed by atoms with Crippen LogP contribution in [0.4, 0.5) is 5.69 Å². The number of benzene rings is 1. The molecule has 1 amide bonds. The first kappa shape index (κ1) is 16.6. The topological polar surface area (TPSA) is 81.8 Å². The number of hydrogen-bond donors (Lipinski definition) is 1. The summed E-state index contributed by atoms with van der Waals surface area (Å²) in [5.41, 5.74) is 1.54. The summed E-state index contributed by atoms with van der Waals surface area (Å²) >= 11 is 0. The molecule has 128 valence electrons. The van der Waals surface area contributed by atoms with Crippen LogP contribution in [-0.2, 0) is 11.3 Å². The SMILES string of the molecule is CC(C)c1ccc(NC(=O)Cn2nc(-n3cccn3)ccc2=O)cc1. The number of amides is 1. The van der Waals surface area contributed by atoms with Gasteiger partial charge in [0.25, 0.3) is 5.56 Å². The van der Waals surface area contributed by atoms with E-state index in [1.807, 2.05) is 24.3 Å². The van der Waals surface area contributed by atoms with Gasteiger partial charge in [-0.2, -0.15) is 5.10 Å². The Kier molecular flexibility index (Phi) is 4.74. The van der Waals surface area contributed by atoms with E-state index in [9.17, 15) is 9.59 Å². The number of hydrogen-bond acceptors (Lipinski definition) is 4. The minimum Gasteiger partial charge on any atom is -0.324 e. The predicted molar refractivity (Wildman–Crippen MR) is 94.8 cm³/mol. The molecule has 0 unspecified atom stereocenters. The molecule has 0 bridgehead atoms. The Balaban J connectivity index is 1.72. The summed E-state index contributed by atoms with van der Waals surface area (Å²) < 4.78 is 2.65. The van der Waals surface area contributed by atoms with E-state index in [2.05, 4.69) is 29.4 Å². The van der Waals surface area contributed by atoms with Crippen molar-refractivity contribution in [3.05, 3.63) is 70.8 Å². The standard InChI is InChI=1S/C18H19N5O2/c1-13(2)14-4-6-15(7-5-14)20-17(24)12-23-18(25)9-8-16(21-23)22-11-3-10-19-22/h3-11,13H,12H2,1-2H3,(H,20,24). The highest BCUT2D eigenvalue weighted by atomic mass is 16.2. The molecular formula is C18H19N5O2. The van der Waals surface area contributed by atoms with Gasteiger partial charge in [-0.15, -0.1) is 5.10 Å². The van der Waals surface area contributed by atoms with Gasteiger partial charge in [-0.05, 0) is 35.7 Å². The number of rotatable bonds is 5. The number of anilines is 1. The van der Waals surface area contributed by atoms with Gasteiger partial charge in [0.2, 0.25) is 5.91 Å². The molecule has 25 heavy (non-hydrogen) atoms. The average molecular weight is 337 g/mol. The molecule has 0 aliphatic rings. The zero-order valence-corrected chi connectivity index (χ0v) is 14.1. The van der Waals surface area contributed by atoms with Crippen molar-refractivity contribution >= 4 is 11.6 Å². The minimum atomic E-state index is -0.346. The molecular weight excluding hydrogens is 318 g/mol. The summed E-state index contributed by atoms with van der Waals surface area (Å²) in [6, 6.07) is 12.3. The highest BCUT2D eigenvalue weighted by Gasteiger charge is 2.09. The van der Waals surface area contributed by atoms with Crippen LogP contribution in [0.1, 0.15) is 25.3 Å². The van der Waals surface area contributed by atoms with Crippen molar-refractivity contribution in [2.45, 2.75) is 26.3 Å². The van der Waals surface area contributed by atoms with Gasteiger partial charge in [-0.25, -0.2) is 9.36 Å². The molecule has 0 spiro atoms. The summed E-state index contributed by atoms with van der Waals surface area (Å²) in [6.07, 6.45) is 3.33. The van der Waals surface area contributed by atoms with Crippen molar-refractivity contribution in [3.8, 4) is 5.82 Å². The average Bonchev–Trinajstić information content (AvgIpc) is 3.12. The van der Waals surface area contributed by atoms with Crippen molar-refractivity contribution in [1.29, 1.82) is 0 Å². The molecule has 0 fully saturated rings. The highest BCUT2D eigenvalue weighted by molar-refractivity contribution is 5.90. The quantitative estimate of drug-likeness (QED) is 0.774. The van der Waals surface area contributed by atoms with Gasteiger partial charge < -0.3 is 5.32 Å². The van der Waals surface area contributed by atoms with E-state index in [-0.39, 0.29) is 18.0 Å². The van der Waals surface area contributed by atoms with Crippen molar-refractivity contribution in [2.75, 3.05) is 5.32 Å². The second kappa shape index (κ2) is 7.12. The maximum absolute atomic E-state index is 12.2. The fraction of sp³-hybridized carbons (Fsp3) is 0.222.